The molecule has 1 amide bonds. The van der Waals surface area contributed by atoms with Gasteiger partial charge in [0.2, 0.25) is 3.79 Å². The summed E-state index contributed by atoms with van der Waals surface area (Å²) in [5.41, 5.74) is 0.571. The Balaban J connectivity index is 2.87. The van der Waals surface area contributed by atoms with Crippen molar-refractivity contribution in [3.8, 4) is 5.75 Å². The Kier molecular flexibility index (Phi) is 6.71. The van der Waals surface area contributed by atoms with Crippen LogP contribution >= 0.6 is 34.8 Å². The molecular formula is C13H17Cl3N2O3. The van der Waals surface area contributed by atoms with Crippen LogP contribution in [0.25, 0.3) is 0 Å². The molecule has 0 aliphatic rings. The normalized spacial score (nSPS) is 12.7. The Labute approximate surface area is 138 Å². The van der Waals surface area contributed by atoms with Crippen LogP contribution in [-0.4, -0.2) is 29.3 Å². The molecule has 0 bridgehead atoms. The second kappa shape index (κ2) is 7.82. The van der Waals surface area contributed by atoms with Crippen molar-refractivity contribution < 1.29 is 14.3 Å². The minimum absolute atomic E-state index is 0.285. The Morgan fingerprint density at radius 2 is 1.86 bits per heavy atom. The molecule has 0 saturated carbocycles. The number of amides is 1. The third-order valence-electron chi connectivity index (χ3n) is 2.34. The van der Waals surface area contributed by atoms with Gasteiger partial charge in [-0.25, -0.2) is 4.79 Å². The van der Waals surface area contributed by atoms with Gasteiger partial charge in [-0.15, -0.1) is 0 Å². The summed E-state index contributed by atoms with van der Waals surface area (Å²) in [7, 11) is 1.52. The molecule has 0 aromatic heterocycles. The van der Waals surface area contributed by atoms with Crippen molar-refractivity contribution in [2.45, 2.75) is 29.9 Å². The summed E-state index contributed by atoms with van der Waals surface area (Å²) < 4.78 is 8.38. The first-order valence-corrected chi connectivity index (χ1v) is 7.31. The molecule has 0 radical (unpaired) electrons. The Hall–Kier alpha value is -1.04. The van der Waals surface area contributed by atoms with Crippen molar-refractivity contribution >= 4 is 46.6 Å². The second-order valence-corrected chi connectivity index (χ2v) is 6.79. The van der Waals surface area contributed by atoms with Crippen molar-refractivity contribution in [3.63, 3.8) is 0 Å². The largest absolute Gasteiger partial charge is 0.495 e. The number of nitrogens with one attached hydrogen (secondary N) is 2. The lowest BCUT2D eigenvalue weighted by molar-refractivity contribution is 0.113. The van der Waals surface area contributed by atoms with E-state index in [1.54, 1.807) is 38.1 Å². The average molecular weight is 356 g/mol. The summed E-state index contributed by atoms with van der Waals surface area (Å²) in [4.78, 5) is 11.7. The van der Waals surface area contributed by atoms with Crippen LogP contribution in [0.1, 0.15) is 13.8 Å². The number of hydrogen-bond acceptors (Lipinski definition) is 4. The lowest BCUT2D eigenvalue weighted by atomic mass is 10.3. The van der Waals surface area contributed by atoms with Crippen molar-refractivity contribution in [2.75, 3.05) is 12.4 Å². The number of anilines is 1. The average Bonchev–Trinajstić information content (AvgIpc) is 2.36. The number of rotatable bonds is 5. The number of carbonyl (C=O) groups is 1. The fourth-order valence-electron chi connectivity index (χ4n) is 1.49. The molecule has 0 unspecified atom stereocenters. The molecule has 0 heterocycles. The van der Waals surface area contributed by atoms with E-state index in [1.807, 2.05) is 0 Å². The number of benzene rings is 1. The molecule has 1 atom stereocenters. The van der Waals surface area contributed by atoms with E-state index >= 15 is 0 Å². The Morgan fingerprint density at radius 1 is 1.24 bits per heavy atom. The minimum Gasteiger partial charge on any atom is -0.495 e. The van der Waals surface area contributed by atoms with Crippen LogP contribution < -0.4 is 15.4 Å². The van der Waals surface area contributed by atoms with Gasteiger partial charge in [-0.2, -0.15) is 0 Å². The highest BCUT2D eigenvalue weighted by Gasteiger charge is 2.35. The molecule has 0 fully saturated rings. The summed E-state index contributed by atoms with van der Waals surface area (Å²) in [5, 5.41) is 5.37. The van der Waals surface area contributed by atoms with Crippen LogP contribution in [0.15, 0.2) is 24.3 Å². The number of methoxy groups -OCH3 is 1. The predicted octanol–water partition coefficient (Wildman–Crippen LogP) is 3.94. The molecule has 8 heteroatoms. The van der Waals surface area contributed by atoms with Crippen LogP contribution in [-0.2, 0) is 4.74 Å². The number of para-hydroxylation sites is 2. The molecule has 118 valence electrons. The van der Waals surface area contributed by atoms with E-state index < -0.39 is 16.1 Å². The van der Waals surface area contributed by atoms with Crippen LogP contribution in [0.4, 0.5) is 10.5 Å². The van der Waals surface area contributed by atoms with Crippen LogP contribution in [0.3, 0.4) is 0 Å². The van der Waals surface area contributed by atoms with Gasteiger partial charge in [0.1, 0.15) is 5.75 Å². The number of alkyl halides is 3. The predicted molar refractivity (Wildman–Crippen MR) is 85.4 cm³/mol. The monoisotopic (exact) mass is 354 g/mol. The standard InChI is InChI=1S/C13H17Cl3N2O3/c1-8(2)21-12(19)18-11(13(14,15)16)17-9-6-4-5-7-10(9)20-3/h4-8,11,17H,1-3H3,(H,18,19)/t11-/m0/s1. The Bertz CT molecular complexity index is 478. The third-order valence-corrected chi connectivity index (χ3v) is 2.99. The molecule has 5 nitrogen and oxygen atoms in total. The van der Waals surface area contributed by atoms with E-state index in [-0.39, 0.29) is 6.10 Å². The van der Waals surface area contributed by atoms with E-state index in [9.17, 15) is 4.79 Å². The summed E-state index contributed by atoms with van der Waals surface area (Å²) in [5.74, 6) is 0.552. The quantitative estimate of drug-likeness (QED) is 0.620. The molecule has 1 rings (SSSR count). The Morgan fingerprint density at radius 3 is 2.38 bits per heavy atom. The van der Waals surface area contributed by atoms with Gasteiger partial charge < -0.3 is 14.8 Å². The second-order valence-electron chi connectivity index (χ2n) is 4.42. The SMILES string of the molecule is COc1ccccc1N[C@@H](NC(=O)OC(C)C)C(Cl)(Cl)Cl. The number of carbonyl (C=O) groups excluding carboxylic acids is 1. The molecule has 0 aliphatic carbocycles. The molecule has 0 spiro atoms. The van der Waals surface area contributed by atoms with E-state index in [1.165, 1.54) is 7.11 Å². The summed E-state index contributed by atoms with van der Waals surface area (Å²) in [6.45, 7) is 3.44. The van der Waals surface area contributed by atoms with Gasteiger partial charge in [0, 0.05) is 0 Å². The zero-order valence-electron chi connectivity index (χ0n) is 11.8. The fourth-order valence-corrected chi connectivity index (χ4v) is 1.81. The third kappa shape index (κ3) is 6.08. The van der Waals surface area contributed by atoms with Gasteiger partial charge in [0.15, 0.2) is 6.17 Å². The molecular weight excluding hydrogens is 339 g/mol. The van der Waals surface area contributed by atoms with Crippen molar-refractivity contribution in [2.24, 2.45) is 0 Å². The number of alkyl carbamates (subject to hydrolysis) is 1. The molecule has 1 aromatic rings. The minimum atomic E-state index is -1.78. The summed E-state index contributed by atoms with van der Waals surface area (Å²) in [6, 6.07) is 7.06. The van der Waals surface area contributed by atoms with Gasteiger partial charge in [0.05, 0.1) is 18.9 Å². The van der Waals surface area contributed by atoms with Gasteiger partial charge in [0.25, 0.3) is 0 Å². The van der Waals surface area contributed by atoms with Crippen molar-refractivity contribution in [1.29, 1.82) is 0 Å². The van der Waals surface area contributed by atoms with E-state index in [2.05, 4.69) is 10.6 Å². The number of halogens is 3. The van der Waals surface area contributed by atoms with Crippen molar-refractivity contribution in [3.05, 3.63) is 24.3 Å². The molecule has 2 N–H and O–H groups in total. The smallest absolute Gasteiger partial charge is 0.409 e. The van der Waals surface area contributed by atoms with Crippen LogP contribution in [0, 0.1) is 0 Å². The summed E-state index contributed by atoms with van der Waals surface area (Å²) in [6.07, 6.45) is -1.97. The number of ether oxygens (including phenoxy) is 2. The molecule has 21 heavy (non-hydrogen) atoms. The highest BCUT2D eigenvalue weighted by atomic mass is 35.6. The van der Waals surface area contributed by atoms with Gasteiger partial charge >= 0.3 is 6.09 Å². The van der Waals surface area contributed by atoms with E-state index in [0.717, 1.165) is 0 Å². The molecule has 1 aromatic carbocycles. The van der Waals surface area contributed by atoms with E-state index in [0.29, 0.717) is 11.4 Å². The first kappa shape index (κ1) is 18.0. The summed E-state index contributed by atoms with van der Waals surface area (Å²) >= 11 is 17.6. The molecule has 0 saturated heterocycles. The van der Waals surface area contributed by atoms with Gasteiger partial charge in [-0.05, 0) is 26.0 Å². The molecule has 0 aliphatic heterocycles. The maximum atomic E-state index is 11.7. The maximum absolute atomic E-state index is 11.7. The lowest BCUT2D eigenvalue weighted by Crippen LogP contribution is -2.49. The fraction of sp³-hybridized carbons (Fsp3) is 0.462. The first-order valence-electron chi connectivity index (χ1n) is 6.17. The van der Waals surface area contributed by atoms with Crippen molar-refractivity contribution in [1.82, 2.24) is 5.32 Å². The van der Waals surface area contributed by atoms with E-state index in [4.69, 9.17) is 44.3 Å². The highest BCUT2D eigenvalue weighted by molar-refractivity contribution is 6.68. The zero-order chi connectivity index (χ0) is 16.0. The highest BCUT2D eigenvalue weighted by Crippen LogP contribution is 2.33. The van der Waals surface area contributed by atoms with Crippen LogP contribution in [0.2, 0.25) is 0 Å². The van der Waals surface area contributed by atoms with Gasteiger partial charge in [-0.3, -0.25) is 5.32 Å². The maximum Gasteiger partial charge on any atom is 0.409 e. The van der Waals surface area contributed by atoms with Gasteiger partial charge in [-0.1, -0.05) is 46.9 Å². The zero-order valence-corrected chi connectivity index (χ0v) is 14.1. The first-order chi connectivity index (χ1) is 9.74. The lowest BCUT2D eigenvalue weighted by Gasteiger charge is -2.28. The number of hydrogen-bond donors (Lipinski definition) is 2. The van der Waals surface area contributed by atoms with Crippen LogP contribution in [0.5, 0.6) is 5.75 Å². The topological polar surface area (TPSA) is 59.6 Å².